The average molecular weight is 509 g/mol. The Morgan fingerprint density at radius 3 is 2.00 bits per heavy atom. The van der Waals surface area contributed by atoms with Crippen LogP contribution in [0.25, 0.3) is 5.57 Å². The lowest BCUT2D eigenvalue weighted by atomic mass is 9.64. The summed E-state index contributed by atoms with van der Waals surface area (Å²) in [6, 6.07) is 3.97. The molecule has 2 rings (SSSR count). The van der Waals surface area contributed by atoms with Crippen molar-refractivity contribution in [1.82, 2.24) is 0 Å². The normalized spacial score (nSPS) is 18.5. The summed E-state index contributed by atoms with van der Waals surface area (Å²) in [5, 5.41) is 1.99. The van der Waals surface area contributed by atoms with Crippen LogP contribution < -0.4 is 0 Å². The predicted octanol–water partition coefficient (Wildman–Crippen LogP) is 11.1. The molecular weight excluding hydrogens is 466 g/mol. The minimum atomic E-state index is -3.08. The minimum Gasteiger partial charge on any atom is -0.201 e. The van der Waals surface area contributed by atoms with Gasteiger partial charge >= 0.3 is 0 Å². The fourth-order valence-corrected chi connectivity index (χ4v) is 5.19. The van der Waals surface area contributed by atoms with E-state index in [1.807, 2.05) is 98.1 Å². The summed E-state index contributed by atoms with van der Waals surface area (Å²) in [5.74, 6) is -3.08. The monoisotopic (exact) mass is 508 g/mol. The molecule has 1 aliphatic rings. The highest BCUT2D eigenvalue weighted by atomic mass is 32.1. The van der Waals surface area contributed by atoms with E-state index in [0.717, 1.165) is 32.7 Å². The summed E-state index contributed by atoms with van der Waals surface area (Å²) in [6.45, 7) is 25.2. The van der Waals surface area contributed by atoms with Crippen molar-refractivity contribution < 1.29 is 8.78 Å². The summed E-state index contributed by atoms with van der Waals surface area (Å²) in [7, 11) is 0. The maximum absolute atomic E-state index is 16.6. The van der Waals surface area contributed by atoms with Crippen molar-refractivity contribution in [1.29, 1.82) is 0 Å². The fraction of sp³-hybridized carbons (Fsp3) is 0.424. The molecule has 0 fully saturated rings. The Morgan fingerprint density at radius 1 is 0.917 bits per heavy atom. The number of hydrogen-bond donors (Lipinski definition) is 0. The van der Waals surface area contributed by atoms with Crippen molar-refractivity contribution in [2.24, 2.45) is 10.8 Å². The van der Waals surface area contributed by atoms with Gasteiger partial charge in [-0.3, -0.25) is 0 Å². The minimum absolute atomic E-state index is 0.0545. The number of allylic oxidation sites excluding steroid dienone is 12. The smallest absolute Gasteiger partial charge is 0.201 e. The third-order valence-corrected chi connectivity index (χ3v) is 8.67. The van der Waals surface area contributed by atoms with Crippen molar-refractivity contribution in [3.8, 4) is 0 Å². The summed E-state index contributed by atoms with van der Waals surface area (Å²) in [6.07, 6.45) is 7.70. The Bertz CT molecular complexity index is 1230. The molecule has 0 atom stereocenters. The molecule has 1 aliphatic carbocycles. The zero-order chi connectivity index (χ0) is 27.6. The maximum Gasteiger partial charge on any atom is 0.280 e. The van der Waals surface area contributed by atoms with E-state index in [2.05, 4.69) is 12.3 Å². The Kier molecular flexibility index (Phi) is 8.98. The summed E-state index contributed by atoms with van der Waals surface area (Å²) >= 11 is 1.59. The van der Waals surface area contributed by atoms with Gasteiger partial charge in [-0.1, -0.05) is 69.7 Å². The average Bonchev–Trinajstić information content (AvgIpc) is 3.33. The van der Waals surface area contributed by atoms with E-state index < -0.39 is 16.8 Å². The van der Waals surface area contributed by atoms with Gasteiger partial charge in [0.1, 0.15) is 0 Å². The first-order chi connectivity index (χ1) is 16.5. The largest absolute Gasteiger partial charge is 0.280 e. The number of alkyl halides is 2. The van der Waals surface area contributed by atoms with Crippen LogP contribution >= 0.6 is 11.3 Å². The van der Waals surface area contributed by atoms with Crippen molar-refractivity contribution in [3.05, 3.63) is 104 Å². The van der Waals surface area contributed by atoms with Gasteiger partial charge in [-0.15, -0.1) is 17.1 Å². The molecule has 0 unspecified atom stereocenters. The van der Waals surface area contributed by atoms with Crippen molar-refractivity contribution in [2.45, 2.75) is 82.1 Å². The molecule has 194 valence electrons. The van der Waals surface area contributed by atoms with Crippen LogP contribution in [0, 0.1) is 10.8 Å². The molecule has 1 aromatic rings. The first-order valence-electron chi connectivity index (χ1n) is 12.5. The molecule has 0 radical (unpaired) electrons. The van der Waals surface area contributed by atoms with E-state index in [1.165, 1.54) is 5.57 Å². The van der Waals surface area contributed by atoms with E-state index in [1.54, 1.807) is 31.3 Å². The molecule has 0 spiro atoms. The van der Waals surface area contributed by atoms with Gasteiger partial charge in [-0.05, 0) is 88.3 Å². The van der Waals surface area contributed by atoms with E-state index in [4.69, 9.17) is 0 Å². The molecule has 0 aromatic carbocycles. The Morgan fingerprint density at radius 2 is 1.53 bits per heavy atom. The van der Waals surface area contributed by atoms with Crippen molar-refractivity contribution >= 4 is 16.9 Å². The van der Waals surface area contributed by atoms with E-state index >= 15 is 8.78 Å². The Labute approximate surface area is 221 Å². The molecule has 1 aromatic heterocycles. The SMILES string of the molecule is C=CC(=C(C)C)C1=C(C(=C=C(C)c2cccs2)/C=C(C)/C(C)=C/C=C(C)C)C(F)(F)C(C)(C)C1(C)C. The fourth-order valence-electron chi connectivity index (χ4n) is 4.50. The van der Waals surface area contributed by atoms with Crippen LogP contribution in [0.4, 0.5) is 8.78 Å². The van der Waals surface area contributed by atoms with Crippen molar-refractivity contribution in [3.63, 3.8) is 0 Å². The molecule has 0 saturated carbocycles. The van der Waals surface area contributed by atoms with Crippen LogP contribution in [0.5, 0.6) is 0 Å². The topological polar surface area (TPSA) is 0 Å². The lowest BCUT2D eigenvalue weighted by Gasteiger charge is -2.41. The van der Waals surface area contributed by atoms with Gasteiger partial charge in [0.05, 0.1) is 0 Å². The third-order valence-electron chi connectivity index (χ3n) is 7.68. The quantitative estimate of drug-likeness (QED) is 0.254. The molecule has 3 heteroatoms. The summed E-state index contributed by atoms with van der Waals surface area (Å²) in [5.41, 5.74) is 8.19. The molecule has 0 N–H and O–H groups in total. The van der Waals surface area contributed by atoms with Crippen molar-refractivity contribution in [2.75, 3.05) is 0 Å². The maximum atomic E-state index is 16.6. The Balaban J connectivity index is 3.13. The summed E-state index contributed by atoms with van der Waals surface area (Å²) < 4.78 is 33.2. The number of hydrogen-bond acceptors (Lipinski definition) is 1. The molecular formula is C33H42F2S. The number of halogens is 2. The molecule has 0 nitrogen and oxygen atoms in total. The van der Waals surface area contributed by atoms with Gasteiger partial charge in [-0.25, -0.2) is 8.78 Å². The highest BCUT2D eigenvalue weighted by Gasteiger charge is 2.66. The summed E-state index contributed by atoms with van der Waals surface area (Å²) in [4.78, 5) is 1.02. The molecule has 0 saturated heterocycles. The van der Waals surface area contributed by atoms with E-state index in [9.17, 15) is 0 Å². The lowest BCUT2D eigenvalue weighted by molar-refractivity contribution is -0.0964. The van der Waals surface area contributed by atoms with Gasteiger partial charge in [-0.2, -0.15) is 0 Å². The predicted molar refractivity (Wildman–Crippen MR) is 155 cm³/mol. The second-order valence-corrected chi connectivity index (χ2v) is 12.2. The first-order valence-corrected chi connectivity index (χ1v) is 13.3. The highest BCUT2D eigenvalue weighted by Crippen LogP contribution is 2.66. The van der Waals surface area contributed by atoms with Gasteiger partial charge in [0.2, 0.25) is 0 Å². The molecule has 0 bridgehead atoms. The van der Waals surface area contributed by atoms with Crippen LogP contribution in [-0.4, -0.2) is 5.92 Å². The van der Waals surface area contributed by atoms with Crippen LogP contribution in [0.15, 0.2) is 98.7 Å². The second kappa shape index (κ2) is 10.9. The first kappa shape index (κ1) is 29.7. The van der Waals surface area contributed by atoms with Gasteiger partial charge in [0, 0.05) is 32.4 Å². The molecule has 0 aliphatic heterocycles. The van der Waals surface area contributed by atoms with Crippen LogP contribution in [0.2, 0.25) is 0 Å². The van der Waals surface area contributed by atoms with Crippen LogP contribution in [0.3, 0.4) is 0 Å². The second-order valence-electron chi connectivity index (χ2n) is 11.3. The van der Waals surface area contributed by atoms with Crippen LogP contribution in [-0.2, 0) is 0 Å². The van der Waals surface area contributed by atoms with Crippen LogP contribution in [0.1, 0.15) is 81.0 Å². The zero-order valence-electron chi connectivity index (χ0n) is 23.9. The third kappa shape index (κ3) is 5.43. The van der Waals surface area contributed by atoms with Gasteiger partial charge in [0.25, 0.3) is 5.92 Å². The van der Waals surface area contributed by atoms with E-state index in [0.29, 0.717) is 11.1 Å². The van der Waals surface area contributed by atoms with Gasteiger partial charge < -0.3 is 0 Å². The number of thiophene rings is 1. The lowest BCUT2D eigenvalue weighted by Crippen LogP contribution is -2.42. The van der Waals surface area contributed by atoms with Gasteiger partial charge in [0.15, 0.2) is 0 Å². The molecule has 0 amide bonds. The highest BCUT2D eigenvalue weighted by molar-refractivity contribution is 7.11. The zero-order valence-corrected chi connectivity index (χ0v) is 24.7. The molecule has 1 heterocycles. The number of rotatable bonds is 7. The Hall–Kier alpha value is -2.48. The standard InChI is InChI=1S/C33H42F2S/c1-13-27(22(4)5)30-29(33(34,35)32(11,12)31(30,9)10)26(20-25(8)28-15-14-18-36-28)19-24(7)23(6)17-16-21(2)3/h13-19H,1H2,2-12H3/b23-17+,24-19+. The van der Waals surface area contributed by atoms with E-state index in [-0.39, 0.29) is 5.57 Å². The molecule has 36 heavy (non-hydrogen) atoms.